The first-order chi connectivity index (χ1) is 6.13. The fraction of sp³-hybridized carbons (Fsp3) is 0.556. The van der Waals surface area contributed by atoms with E-state index in [0.717, 1.165) is 12.1 Å². The summed E-state index contributed by atoms with van der Waals surface area (Å²) in [5, 5.41) is 6.64. The van der Waals surface area contributed by atoms with E-state index in [0.29, 0.717) is 11.6 Å². The second-order valence-electron chi connectivity index (χ2n) is 3.37. The van der Waals surface area contributed by atoms with Crippen molar-refractivity contribution in [2.45, 2.75) is 20.3 Å². The van der Waals surface area contributed by atoms with E-state index in [2.05, 4.69) is 28.8 Å². The van der Waals surface area contributed by atoms with Gasteiger partial charge in [-0.3, -0.25) is 5.10 Å². The normalized spacial score (nSPS) is 10.5. The zero-order chi connectivity index (χ0) is 9.84. The summed E-state index contributed by atoms with van der Waals surface area (Å²) in [5.74, 6) is 0.150. The third-order valence-electron chi connectivity index (χ3n) is 1.65. The maximum Gasteiger partial charge on any atom is 0.358 e. The SMILES string of the molecule is COC(=O)c1cc(CC(C)C)[nH]n1. The number of carbonyl (C=O) groups is 1. The van der Waals surface area contributed by atoms with E-state index in [9.17, 15) is 4.79 Å². The molecule has 4 heteroatoms. The molecular weight excluding hydrogens is 168 g/mol. The Balaban J connectivity index is 2.69. The number of rotatable bonds is 3. The first-order valence-corrected chi connectivity index (χ1v) is 4.26. The minimum Gasteiger partial charge on any atom is -0.464 e. The van der Waals surface area contributed by atoms with Gasteiger partial charge in [-0.25, -0.2) is 4.79 Å². The molecule has 0 atom stereocenters. The number of nitrogens with zero attached hydrogens (tertiary/aromatic N) is 1. The van der Waals surface area contributed by atoms with E-state index in [1.54, 1.807) is 6.07 Å². The number of methoxy groups -OCH3 is 1. The van der Waals surface area contributed by atoms with E-state index >= 15 is 0 Å². The van der Waals surface area contributed by atoms with Crippen molar-refractivity contribution >= 4 is 5.97 Å². The number of hydrogen-bond acceptors (Lipinski definition) is 3. The number of ether oxygens (including phenoxy) is 1. The Morgan fingerprint density at radius 3 is 2.92 bits per heavy atom. The molecule has 0 fully saturated rings. The minimum absolute atomic E-state index is 0.346. The van der Waals surface area contributed by atoms with Crippen LogP contribution in [0, 0.1) is 5.92 Å². The lowest BCUT2D eigenvalue weighted by Crippen LogP contribution is -2.00. The molecule has 0 saturated heterocycles. The lowest BCUT2D eigenvalue weighted by atomic mass is 10.1. The monoisotopic (exact) mass is 182 g/mol. The predicted molar refractivity (Wildman–Crippen MR) is 48.5 cm³/mol. The molecule has 0 spiro atoms. The molecule has 1 aromatic heterocycles. The molecule has 1 aromatic rings. The van der Waals surface area contributed by atoms with Crippen LogP contribution < -0.4 is 0 Å². The zero-order valence-corrected chi connectivity index (χ0v) is 8.13. The van der Waals surface area contributed by atoms with Gasteiger partial charge in [0.05, 0.1) is 7.11 Å². The highest BCUT2D eigenvalue weighted by molar-refractivity contribution is 5.87. The lowest BCUT2D eigenvalue weighted by molar-refractivity contribution is 0.0594. The van der Waals surface area contributed by atoms with E-state index in [4.69, 9.17) is 0 Å². The van der Waals surface area contributed by atoms with Crippen molar-refractivity contribution < 1.29 is 9.53 Å². The summed E-state index contributed by atoms with van der Waals surface area (Å²) in [4.78, 5) is 11.0. The molecule has 1 heterocycles. The average Bonchev–Trinajstić information content (AvgIpc) is 2.50. The first kappa shape index (κ1) is 9.77. The molecule has 0 amide bonds. The van der Waals surface area contributed by atoms with Crippen LogP contribution in [-0.4, -0.2) is 23.3 Å². The Morgan fingerprint density at radius 2 is 2.38 bits per heavy atom. The van der Waals surface area contributed by atoms with Gasteiger partial charge in [-0.1, -0.05) is 13.8 Å². The average molecular weight is 182 g/mol. The molecule has 0 bridgehead atoms. The van der Waals surface area contributed by atoms with Gasteiger partial charge < -0.3 is 4.74 Å². The van der Waals surface area contributed by atoms with Crippen LogP contribution in [0.2, 0.25) is 0 Å². The highest BCUT2D eigenvalue weighted by Crippen LogP contribution is 2.07. The van der Waals surface area contributed by atoms with Crippen molar-refractivity contribution in [2.75, 3.05) is 7.11 Å². The number of nitrogens with one attached hydrogen (secondary N) is 1. The highest BCUT2D eigenvalue weighted by Gasteiger charge is 2.10. The van der Waals surface area contributed by atoms with Crippen molar-refractivity contribution in [1.82, 2.24) is 10.2 Å². The van der Waals surface area contributed by atoms with Crippen molar-refractivity contribution in [3.63, 3.8) is 0 Å². The largest absolute Gasteiger partial charge is 0.464 e. The fourth-order valence-corrected chi connectivity index (χ4v) is 1.12. The van der Waals surface area contributed by atoms with E-state index in [-0.39, 0.29) is 0 Å². The van der Waals surface area contributed by atoms with Crippen molar-refractivity contribution in [3.05, 3.63) is 17.5 Å². The molecule has 0 aliphatic heterocycles. The van der Waals surface area contributed by atoms with Crippen LogP contribution in [0.4, 0.5) is 0 Å². The van der Waals surface area contributed by atoms with Crippen molar-refractivity contribution in [1.29, 1.82) is 0 Å². The summed E-state index contributed by atoms with van der Waals surface area (Å²) < 4.78 is 4.53. The molecule has 4 nitrogen and oxygen atoms in total. The van der Waals surface area contributed by atoms with E-state index in [1.165, 1.54) is 7.11 Å². The van der Waals surface area contributed by atoms with Crippen LogP contribution in [0.3, 0.4) is 0 Å². The topological polar surface area (TPSA) is 55.0 Å². The first-order valence-electron chi connectivity index (χ1n) is 4.26. The van der Waals surface area contributed by atoms with Gasteiger partial charge in [0.25, 0.3) is 0 Å². The number of aromatic nitrogens is 2. The molecule has 0 unspecified atom stereocenters. The molecule has 13 heavy (non-hydrogen) atoms. The third-order valence-corrected chi connectivity index (χ3v) is 1.65. The van der Waals surface area contributed by atoms with E-state index in [1.807, 2.05) is 0 Å². The zero-order valence-electron chi connectivity index (χ0n) is 8.13. The summed E-state index contributed by atoms with van der Waals surface area (Å²) in [6.45, 7) is 4.22. The molecule has 1 rings (SSSR count). The third kappa shape index (κ3) is 2.57. The van der Waals surface area contributed by atoms with E-state index < -0.39 is 5.97 Å². The van der Waals surface area contributed by atoms with Gasteiger partial charge in [0.15, 0.2) is 5.69 Å². The number of carbonyl (C=O) groups excluding carboxylic acids is 1. The van der Waals surface area contributed by atoms with Gasteiger partial charge in [0.1, 0.15) is 0 Å². The van der Waals surface area contributed by atoms with Gasteiger partial charge in [0.2, 0.25) is 0 Å². The maximum atomic E-state index is 11.0. The van der Waals surface area contributed by atoms with Crippen LogP contribution in [0.15, 0.2) is 6.07 Å². The van der Waals surface area contributed by atoms with Crippen LogP contribution >= 0.6 is 0 Å². The second kappa shape index (κ2) is 4.07. The number of esters is 1. The number of H-pyrrole nitrogens is 1. The molecule has 0 aliphatic carbocycles. The Kier molecular flexibility index (Phi) is 3.06. The molecule has 0 aromatic carbocycles. The minimum atomic E-state index is -0.397. The second-order valence-corrected chi connectivity index (χ2v) is 3.37. The van der Waals surface area contributed by atoms with Gasteiger partial charge in [-0.2, -0.15) is 5.10 Å². The molecular formula is C9H14N2O2. The van der Waals surface area contributed by atoms with Crippen LogP contribution in [0.25, 0.3) is 0 Å². The number of aromatic amines is 1. The van der Waals surface area contributed by atoms with Crippen molar-refractivity contribution in [2.24, 2.45) is 5.92 Å². The lowest BCUT2D eigenvalue weighted by Gasteiger charge is -1.98. The standard InChI is InChI=1S/C9H14N2O2/c1-6(2)4-7-5-8(11-10-7)9(12)13-3/h5-6H,4H2,1-3H3,(H,10,11). The summed E-state index contributed by atoms with van der Waals surface area (Å²) in [5.41, 5.74) is 1.31. The molecule has 0 saturated carbocycles. The highest BCUT2D eigenvalue weighted by atomic mass is 16.5. The summed E-state index contributed by atoms with van der Waals surface area (Å²) in [6, 6.07) is 1.73. The maximum absolute atomic E-state index is 11.0. The summed E-state index contributed by atoms with van der Waals surface area (Å²) >= 11 is 0. The van der Waals surface area contributed by atoms with Gasteiger partial charge in [-0.15, -0.1) is 0 Å². The van der Waals surface area contributed by atoms with Gasteiger partial charge in [0, 0.05) is 5.69 Å². The molecule has 0 radical (unpaired) electrons. The fourth-order valence-electron chi connectivity index (χ4n) is 1.12. The Hall–Kier alpha value is -1.32. The van der Waals surface area contributed by atoms with Crippen LogP contribution in [0.5, 0.6) is 0 Å². The molecule has 1 N–H and O–H groups in total. The van der Waals surface area contributed by atoms with Gasteiger partial charge in [-0.05, 0) is 18.4 Å². The predicted octanol–water partition coefficient (Wildman–Crippen LogP) is 1.39. The Bertz CT molecular complexity index is 292. The van der Waals surface area contributed by atoms with Crippen molar-refractivity contribution in [3.8, 4) is 0 Å². The quantitative estimate of drug-likeness (QED) is 0.719. The number of hydrogen-bond donors (Lipinski definition) is 1. The Labute approximate surface area is 77.3 Å². The summed E-state index contributed by atoms with van der Waals surface area (Å²) in [7, 11) is 1.35. The summed E-state index contributed by atoms with van der Waals surface area (Å²) in [6.07, 6.45) is 0.893. The van der Waals surface area contributed by atoms with Crippen LogP contribution in [-0.2, 0) is 11.2 Å². The molecule has 72 valence electrons. The Morgan fingerprint density at radius 1 is 1.69 bits per heavy atom. The smallest absolute Gasteiger partial charge is 0.358 e. The van der Waals surface area contributed by atoms with Gasteiger partial charge >= 0.3 is 5.97 Å². The van der Waals surface area contributed by atoms with Crippen LogP contribution in [0.1, 0.15) is 30.0 Å². The molecule has 0 aliphatic rings.